The van der Waals surface area contributed by atoms with E-state index in [1.165, 1.54) is 17.5 Å². The monoisotopic (exact) mass is 330 g/mol. The van der Waals surface area contributed by atoms with Gasteiger partial charge in [0.2, 0.25) is 0 Å². The van der Waals surface area contributed by atoms with Crippen LogP contribution in [0.15, 0.2) is 36.5 Å². The van der Waals surface area contributed by atoms with Crippen molar-refractivity contribution in [1.82, 2.24) is 9.78 Å². The summed E-state index contributed by atoms with van der Waals surface area (Å²) in [6.45, 7) is 0. The molecule has 1 fully saturated rings. The second kappa shape index (κ2) is 5.78. The first-order valence-electron chi connectivity index (χ1n) is 8.44. The minimum atomic E-state index is -3.15. The van der Waals surface area contributed by atoms with Crippen LogP contribution in [0.2, 0.25) is 0 Å². The van der Waals surface area contributed by atoms with Gasteiger partial charge in [0, 0.05) is 6.20 Å². The molecule has 2 aromatic rings. The number of aromatic nitrogens is 2. The number of benzene rings is 1. The van der Waals surface area contributed by atoms with Crippen molar-refractivity contribution in [3.63, 3.8) is 0 Å². The average Bonchev–Trinajstić information content (AvgIpc) is 2.92. The van der Waals surface area contributed by atoms with Crippen molar-refractivity contribution in [3.8, 4) is 0 Å². The summed E-state index contributed by atoms with van der Waals surface area (Å²) in [4.78, 5) is 0. The van der Waals surface area contributed by atoms with E-state index >= 15 is 0 Å². The zero-order chi connectivity index (χ0) is 15.9. The molecule has 122 valence electrons. The zero-order valence-corrected chi connectivity index (χ0v) is 14.0. The molecule has 2 aliphatic rings. The average molecular weight is 330 g/mol. The highest BCUT2D eigenvalue weighted by Crippen LogP contribution is 2.33. The predicted molar refractivity (Wildman–Crippen MR) is 90.0 cm³/mol. The highest BCUT2D eigenvalue weighted by Gasteiger charge is 2.31. The Kier molecular flexibility index (Phi) is 3.76. The first-order chi connectivity index (χ1) is 11.1. The molecule has 0 N–H and O–H groups in total. The molecule has 1 unspecified atom stereocenters. The molecule has 23 heavy (non-hydrogen) atoms. The second-order valence-corrected chi connectivity index (χ2v) is 9.07. The summed E-state index contributed by atoms with van der Waals surface area (Å²) in [5, 5.41) is 4.09. The quantitative estimate of drug-likeness (QED) is 0.865. The minimum absolute atomic E-state index is 0.121. The lowest BCUT2D eigenvalue weighted by Crippen LogP contribution is -2.30. The molecule has 0 bridgehead atoms. The van der Waals surface area contributed by atoms with Crippen LogP contribution < -0.4 is 0 Å². The van der Waals surface area contributed by atoms with Crippen molar-refractivity contribution in [3.05, 3.63) is 53.3 Å². The number of rotatable bonds is 4. The van der Waals surface area contributed by atoms with E-state index in [1.807, 2.05) is 22.9 Å². The first-order valence-corrected chi connectivity index (χ1v) is 10.2. The third kappa shape index (κ3) is 2.82. The normalized spacial score (nSPS) is 21.7. The van der Waals surface area contributed by atoms with Crippen LogP contribution in [0.3, 0.4) is 0 Å². The van der Waals surface area contributed by atoms with E-state index in [-0.39, 0.29) is 11.0 Å². The van der Waals surface area contributed by atoms with Crippen molar-refractivity contribution in [2.45, 2.75) is 55.6 Å². The number of hydrogen-bond acceptors (Lipinski definition) is 3. The van der Waals surface area contributed by atoms with Gasteiger partial charge in [-0.3, -0.25) is 4.68 Å². The highest BCUT2D eigenvalue weighted by atomic mass is 32.2. The molecule has 5 heteroatoms. The third-order valence-electron chi connectivity index (χ3n) is 5.33. The Morgan fingerprint density at radius 3 is 2.61 bits per heavy atom. The Morgan fingerprint density at radius 1 is 1.09 bits per heavy atom. The number of hydrogen-bond donors (Lipinski definition) is 0. The Balaban J connectivity index is 1.54. The summed E-state index contributed by atoms with van der Waals surface area (Å²) in [6, 6.07) is 10.5. The van der Waals surface area contributed by atoms with Gasteiger partial charge in [-0.2, -0.15) is 5.10 Å². The van der Waals surface area contributed by atoms with Gasteiger partial charge in [0.15, 0.2) is 9.84 Å². The van der Waals surface area contributed by atoms with Crippen molar-refractivity contribution in [1.29, 1.82) is 0 Å². The fourth-order valence-corrected chi connectivity index (χ4v) is 5.50. The van der Waals surface area contributed by atoms with Gasteiger partial charge in [0.1, 0.15) is 0 Å². The maximum atomic E-state index is 12.9. The van der Waals surface area contributed by atoms with Gasteiger partial charge >= 0.3 is 0 Å². The van der Waals surface area contributed by atoms with E-state index in [2.05, 4.69) is 17.2 Å². The van der Waals surface area contributed by atoms with Gasteiger partial charge in [-0.15, -0.1) is 0 Å². The Bertz CT molecular complexity index is 806. The Hall–Kier alpha value is -1.62. The molecule has 0 radical (unpaired) electrons. The van der Waals surface area contributed by atoms with Crippen molar-refractivity contribution >= 4 is 9.84 Å². The molecule has 0 amide bonds. The lowest BCUT2D eigenvalue weighted by molar-refractivity contribution is 0.284. The summed E-state index contributed by atoms with van der Waals surface area (Å²) in [7, 11) is -3.15. The van der Waals surface area contributed by atoms with Crippen LogP contribution >= 0.6 is 0 Å². The van der Waals surface area contributed by atoms with Crippen LogP contribution in [0, 0.1) is 0 Å². The molecule has 1 heterocycles. The molecule has 4 nitrogen and oxygen atoms in total. The van der Waals surface area contributed by atoms with Crippen molar-refractivity contribution < 1.29 is 8.42 Å². The molecule has 1 atom stereocenters. The summed E-state index contributed by atoms with van der Waals surface area (Å²) >= 11 is 0. The molecule has 4 rings (SSSR count). The number of sulfone groups is 1. The van der Waals surface area contributed by atoms with E-state index in [1.54, 1.807) is 6.20 Å². The van der Waals surface area contributed by atoms with E-state index < -0.39 is 9.84 Å². The predicted octanol–water partition coefficient (Wildman–Crippen LogP) is 3.08. The van der Waals surface area contributed by atoms with E-state index in [0.29, 0.717) is 12.5 Å². The maximum Gasteiger partial charge on any atom is 0.159 e. The largest absolute Gasteiger partial charge is 0.266 e. The Labute approximate surface area is 137 Å². The van der Waals surface area contributed by atoms with Gasteiger partial charge in [0.25, 0.3) is 0 Å². The Morgan fingerprint density at radius 2 is 1.87 bits per heavy atom. The van der Waals surface area contributed by atoms with Crippen LogP contribution in [-0.4, -0.2) is 23.4 Å². The van der Waals surface area contributed by atoms with Crippen LogP contribution in [-0.2, 0) is 28.4 Å². The van der Waals surface area contributed by atoms with Gasteiger partial charge < -0.3 is 0 Å². The molecule has 0 spiro atoms. The highest BCUT2D eigenvalue weighted by molar-refractivity contribution is 7.91. The second-order valence-electron chi connectivity index (χ2n) is 6.79. The minimum Gasteiger partial charge on any atom is -0.266 e. The molecular formula is C18H22N2O2S. The summed E-state index contributed by atoms with van der Waals surface area (Å²) < 4.78 is 27.7. The van der Waals surface area contributed by atoms with Gasteiger partial charge in [-0.05, 0) is 55.7 Å². The first kappa shape index (κ1) is 14.9. The molecule has 0 saturated heterocycles. The maximum absolute atomic E-state index is 12.9. The molecule has 0 aliphatic heterocycles. The van der Waals surface area contributed by atoms with Crippen LogP contribution in [0.25, 0.3) is 0 Å². The summed E-state index contributed by atoms with van der Waals surface area (Å²) in [5.41, 5.74) is 3.35. The third-order valence-corrected chi connectivity index (χ3v) is 7.45. The van der Waals surface area contributed by atoms with E-state index in [0.717, 1.165) is 31.4 Å². The molecular weight excluding hydrogens is 308 g/mol. The molecule has 1 aromatic carbocycles. The van der Waals surface area contributed by atoms with Crippen molar-refractivity contribution in [2.75, 3.05) is 0 Å². The fraction of sp³-hybridized carbons (Fsp3) is 0.500. The summed E-state index contributed by atoms with van der Waals surface area (Å²) in [6.07, 6.45) is 7.43. The lowest BCUT2D eigenvalue weighted by Gasteiger charge is -2.28. The van der Waals surface area contributed by atoms with Crippen LogP contribution in [0.5, 0.6) is 0 Å². The van der Waals surface area contributed by atoms with Crippen molar-refractivity contribution in [2.24, 2.45) is 0 Å². The molecule has 2 aliphatic carbocycles. The number of nitrogens with zero attached hydrogens (tertiary/aromatic N) is 2. The van der Waals surface area contributed by atoms with Gasteiger partial charge in [-0.1, -0.05) is 24.3 Å². The van der Waals surface area contributed by atoms with Gasteiger partial charge in [-0.25, -0.2) is 8.42 Å². The topological polar surface area (TPSA) is 52.0 Å². The van der Waals surface area contributed by atoms with Crippen LogP contribution in [0.1, 0.15) is 48.5 Å². The number of fused-ring (bicyclic) bond motifs is 1. The van der Waals surface area contributed by atoms with Gasteiger partial charge in [0.05, 0.1) is 22.7 Å². The summed E-state index contributed by atoms with van der Waals surface area (Å²) in [5.74, 6) is 0.121. The molecule has 1 saturated carbocycles. The number of aryl methyl sites for hydroxylation is 1. The van der Waals surface area contributed by atoms with Crippen LogP contribution in [0.4, 0.5) is 0 Å². The standard InChI is InChI=1S/C18H22N2O2S/c21-23(22,13-17-10-11-19-20(17)16-6-3-7-16)18-9-8-14-4-1-2-5-15(14)12-18/h1-2,4-5,10-11,16,18H,3,6-9,12-13H2. The molecule has 1 aromatic heterocycles. The smallest absolute Gasteiger partial charge is 0.159 e. The van der Waals surface area contributed by atoms with E-state index in [9.17, 15) is 8.42 Å². The fourth-order valence-electron chi connectivity index (χ4n) is 3.71. The lowest BCUT2D eigenvalue weighted by atomic mass is 9.92. The zero-order valence-electron chi connectivity index (χ0n) is 13.2. The SMILES string of the molecule is O=S(=O)(Cc1ccnn1C1CCC1)C1CCc2ccccc2C1. The van der Waals surface area contributed by atoms with E-state index in [4.69, 9.17) is 0 Å².